The molecule has 0 spiro atoms. The van der Waals surface area contributed by atoms with Gasteiger partial charge in [0.05, 0.1) is 6.61 Å². The molecule has 0 aromatic rings. The van der Waals surface area contributed by atoms with E-state index in [1.807, 2.05) is 0 Å². The van der Waals surface area contributed by atoms with Crippen LogP contribution in [0.25, 0.3) is 0 Å². The van der Waals surface area contributed by atoms with Gasteiger partial charge in [-0.3, -0.25) is 14.6 Å². The summed E-state index contributed by atoms with van der Waals surface area (Å²) in [7, 11) is -4.66. The molecule has 0 aliphatic heterocycles. The highest BCUT2D eigenvalue weighted by Gasteiger charge is 2.20. The van der Waals surface area contributed by atoms with Crippen LogP contribution in [0.15, 0.2) is 0 Å². The third kappa shape index (κ3) is 22.2. The zero-order valence-electron chi connectivity index (χ0n) is 18.6. The van der Waals surface area contributed by atoms with E-state index in [4.69, 9.17) is 19.8 Å². The summed E-state index contributed by atoms with van der Waals surface area (Å²) in [4.78, 5) is 32.8. The third-order valence-corrected chi connectivity index (χ3v) is 5.48. The molecule has 0 saturated heterocycles. The third-order valence-electron chi connectivity index (χ3n) is 4.99. The van der Waals surface area contributed by atoms with Gasteiger partial charge in [0.2, 0.25) is 0 Å². The lowest BCUT2D eigenvalue weighted by atomic mass is 10.0. The van der Waals surface area contributed by atoms with Crippen LogP contribution in [0.3, 0.4) is 0 Å². The van der Waals surface area contributed by atoms with Gasteiger partial charge in [-0.1, -0.05) is 96.8 Å². The second-order valence-electron chi connectivity index (χ2n) is 7.90. The van der Waals surface area contributed by atoms with Crippen LogP contribution in [0.2, 0.25) is 0 Å². The van der Waals surface area contributed by atoms with Gasteiger partial charge in [0.1, 0.15) is 6.61 Å². The lowest BCUT2D eigenvalue weighted by Gasteiger charge is -2.14. The summed E-state index contributed by atoms with van der Waals surface area (Å²) in [5, 5.41) is 8.63. The molecular weight excluding hydrogens is 411 g/mol. The molecule has 1 unspecified atom stereocenters. The molecule has 0 aliphatic carbocycles. The van der Waals surface area contributed by atoms with Crippen molar-refractivity contribution in [3.05, 3.63) is 0 Å². The summed E-state index contributed by atoms with van der Waals surface area (Å²) in [5.74, 6) is -0.428. The second-order valence-corrected chi connectivity index (χ2v) is 9.14. The van der Waals surface area contributed by atoms with Crippen LogP contribution in [0.5, 0.6) is 0 Å². The molecule has 8 nitrogen and oxygen atoms in total. The number of phosphoric acid groups is 1. The quantitative estimate of drug-likeness (QED) is 0.0620. The number of ether oxygens (including phenoxy) is 1. The van der Waals surface area contributed by atoms with Crippen molar-refractivity contribution in [1.82, 2.24) is 0 Å². The van der Waals surface area contributed by atoms with Crippen LogP contribution in [0.4, 0.5) is 0 Å². The Labute approximate surface area is 181 Å². The van der Waals surface area contributed by atoms with Gasteiger partial charge in [-0.2, -0.15) is 0 Å². The molecule has 3 N–H and O–H groups in total. The first kappa shape index (κ1) is 29.5. The Morgan fingerprint density at radius 2 is 1.20 bits per heavy atom. The Hall–Kier alpha value is -0.500. The van der Waals surface area contributed by atoms with Crippen LogP contribution in [-0.2, 0) is 23.5 Å². The molecule has 0 saturated carbocycles. The summed E-state index contributed by atoms with van der Waals surface area (Å²) in [6.07, 6.45) is 17.9. The van der Waals surface area contributed by atoms with Crippen molar-refractivity contribution in [3.8, 4) is 0 Å². The average molecular weight is 455 g/mol. The first-order chi connectivity index (χ1) is 14.4. The van der Waals surface area contributed by atoms with Gasteiger partial charge in [0, 0.05) is 6.42 Å². The normalized spacial score (nSPS) is 12.8. The minimum Gasteiger partial charge on any atom is -0.463 e. The van der Waals surface area contributed by atoms with E-state index in [0.29, 0.717) is 0 Å². The Morgan fingerprint density at radius 3 is 1.60 bits per heavy atom. The number of carbonyl (C=O) groups is 1. The molecule has 9 heteroatoms. The zero-order chi connectivity index (χ0) is 22.5. The number of unbranched alkanes of at least 4 members (excludes halogenated alkanes) is 14. The Balaban J connectivity index is 3.39. The van der Waals surface area contributed by atoms with Crippen molar-refractivity contribution in [1.29, 1.82) is 0 Å². The van der Waals surface area contributed by atoms with Crippen molar-refractivity contribution in [2.75, 3.05) is 13.2 Å². The van der Waals surface area contributed by atoms with Crippen molar-refractivity contribution in [2.24, 2.45) is 0 Å². The molecule has 30 heavy (non-hydrogen) atoms. The van der Waals surface area contributed by atoms with Gasteiger partial charge in [-0.25, -0.2) is 9.45 Å². The molecule has 0 aromatic heterocycles. The summed E-state index contributed by atoms with van der Waals surface area (Å²) in [5.41, 5.74) is 0. The minimum atomic E-state index is -4.66. The lowest BCUT2D eigenvalue weighted by molar-refractivity contribution is -0.290. The number of esters is 1. The van der Waals surface area contributed by atoms with E-state index in [2.05, 4.69) is 16.3 Å². The summed E-state index contributed by atoms with van der Waals surface area (Å²) in [6.45, 7) is 1.35. The first-order valence-electron chi connectivity index (χ1n) is 11.5. The van der Waals surface area contributed by atoms with Crippen molar-refractivity contribution >= 4 is 13.8 Å². The highest BCUT2D eigenvalue weighted by Crippen LogP contribution is 2.35. The van der Waals surface area contributed by atoms with E-state index in [1.165, 1.54) is 77.0 Å². The van der Waals surface area contributed by atoms with Crippen LogP contribution in [-0.4, -0.2) is 40.3 Å². The van der Waals surface area contributed by atoms with E-state index in [1.54, 1.807) is 0 Å². The molecule has 0 amide bonds. The van der Waals surface area contributed by atoms with E-state index >= 15 is 0 Å². The Morgan fingerprint density at radius 1 is 0.767 bits per heavy atom. The molecule has 0 radical (unpaired) electrons. The second kappa shape index (κ2) is 20.4. The van der Waals surface area contributed by atoms with Crippen molar-refractivity contribution in [2.45, 2.75) is 116 Å². The highest BCUT2D eigenvalue weighted by molar-refractivity contribution is 7.46. The SMILES string of the molecule is CCCCCCCCCCCCCCCCCC(=O)OCC(COP(=O)(O)O)OO. The topological polar surface area (TPSA) is 123 Å². The van der Waals surface area contributed by atoms with Gasteiger partial charge in [0.15, 0.2) is 6.10 Å². The largest absolute Gasteiger partial charge is 0.469 e. The monoisotopic (exact) mass is 454 g/mol. The molecule has 1 atom stereocenters. The Kier molecular flexibility index (Phi) is 20.1. The van der Waals surface area contributed by atoms with E-state index in [-0.39, 0.29) is 13.0 Å². The fourth-order valence-electron chi connectivity index (χ4n) is 3.19. The van der Waals surface area contributed by atoms with Gasteiger partial charge in [0.25, 0.3) is 0 Å². The van der Waals surface area contributed by atoms with Gasteiger partial charge >= 0.3 is 13.8 Å². The molecule has 0 aliphatic rings. The summed E-state index contributed by atoms with van der Waals surface area (Å²) < 4.78 is 19.7. The molecule has 180 valence electrons. The maximum atomic E-state index is 11.6. The minimum absolute atomic E-state index is 0.274. The first-order valence-corrected chi connectivity index (χ1v) is 13.1. The van der Waals surface area contributed by atoms with Gasteiger partial charge < -0.3 is 14.5 Å². The fourth-order valence-corrected chi connectivity index (χ4v) is 3.55. The van der Waals surface area contributed by atoms with Crippen molar-refractivity contribution in [3.63, 3.8) is 0 Å². The molecule has 0 bridgehead atoms. The van der Waals surface area contributed by atoms with Crippen molar-refractivity contribution < 1.29 is 38.6 Å². The molecule has 0 fully saturated rings. The van der Waals surface area contributed by atoms with Crippen LogP contribution >= 0.6 is 7.82 Å². The number of hydrogen-bond donors (Lipinski definition) is 3. The van der Waals surface area contributed by atoms with E-state index in [0.717, 1.165) is 19.3 Å². The van der Waals surface area contributed by atoms with Gasteiger partial charge in [-0.15, -0.1) is 0 Å². The van der Waals surface area contributed by atoms with Crippen LogP contribution in [0, 0.1) is 0 Å². The number of hydrogen-bond acceptors (Lipinski definition) is 6. The number of rotatable bonds is 22. The molecule has 0 heterocycles. The Bertz CT molecular complexity index is 441. The fraction of sp³-hybridized carbons (Fsp3) is 0.952. The predicted octanol–water partition coefficient (Wildman–Crippen LogP) is 5.76. The number of phosphoric ester groups is 1. The summed E-state index contributed by atoms with van der Waals surface area (Å²) >= 11 is 0. The van der Waals surface area contributed by atoms with E-state index < -0.39 is 26.5 Å². The van der Waals surface area contributed by atoms with Gasteiger partial charge in [-0.05, 0) is 6.42 Å². The van der Waals surface area contributed by atoms with E-state index in [9.17, 15) is 9.36 Å². The average Bonchev–Trinajstić information content (AvgIpc) is 2.70. The molecule has 0 aromatic carbocycles. The maximum Gasteiger partial charge on any atom is 0.469 e. The molecule has 0 rings (SSSR count). The van der Waals surface area contributed by atoms with Crippen LogP contribution < -0.4 is 0 Å². The highest BCUT2D eigenvalue weighted by atomic mass is 31.2. The maximum absolute atomic E-state index is 11.6. The predicted molar refractivity (Wildman–Crippen MR) is 116 cm³/mol. The van der Waals surface area contributed by atoms with Crippen LogP contribution in [0.1, 0.15) is 110 Å². The smallest absolute Gasteiger partial charge is 0.463 e. The number of carbonyl (C=O) groups excluding carboxylic acids is 1. The standard InChI is InChI=1S/C21H43O8P/c1-2-3-4-5-6-7-8-9-10-11-12-13-14-15-16-17-21(22)27-18-20(29-23)19-28-30(24,25)26/h20,23H,2-19H2,1H3,(H2,24,25,26). The summed E-state index contributed by atoms with van der Waals surface area (Å²) in [6, 6.07) is 0. The lowest BCUT2D eigenvalue weighted by Crippen LogP contribution is -2.25. The molecular formula is C21H43O8P. The zero-order valence-corrected chi connectivity index (χ0v) is 19.5.